The number of rotatable bonds is 5. The van der Waals surface area contributed by atoms with Gasteiger partial charge in [0.15, 0.2) is 0 Å². The lowest BCUT2D eigenvalue weighted by atomic mass is 10.1. The summed E-state index contributed by atoms with van der Waals surface area (Å²) in [6.45, 7) is 2.02. The highest BCUT2D eigenvalue weighted by Gasteiger charge is 2.25. The number of aryl methyl sites for hydroxylation is 1. The molecule has 6 nitrogen and oxygen atoms in total. The van der Waals surface area contributed by atoms with Crippen LogP contribution in [-0.4, -0.2) is 28.0 Å². The second-order valence-corrected chi connectivity index (χ2v) is 8.78. The zero-order chi connectivity index (χ0) is 23.5. The molecule has 1 aromatic heterocycles. The quantitative estimate of drug-likeness (QED) is 0.370. The molecule has 0 spiro atoms. The maximum atomic E-state index is 12.3. The van der Waals surface area contributed by atoms with Crippen LogP contribution in [0, 0.1) is 6.92 Å². The van der Waals surface area contributed by atoms with E-state index in [1.807, 2.05) is 103 Å². The van der Waals surface area contributed by atoms with Crippen molar-refractivity contribution < 1.29 is 9.53 Å². The molecule has 34 heavy (non-hydrogen) atoms. The SMILES string of the molecule is COc1ccc(-c2nn(-c3ccccc3)cc2C=C2SC(=O)NC2=Nc2cccc(C)c2)cc1. The molecule has 0 saturated carbocycles. The number of nitrogens with zero attached hydrogens (tertiary/aromatic N) is 3. The molecule has 7 heteroatoms. The summed E-state index contributed by atoms with van der Waals surface area (Å²) in [6, 6.07) is 25.6. The molecular formula is C27H22N4O2S. The first-order valence-electron chi connectivity index (χ1n) is 10.7. The summed E-state index contributed by atoms with van der Waals surface area (Å²) in [7, 11) is 1.64. The highest BCUT2D eigenvalue weighted by Crippen LogP contribution is 2.33. The van der Waals surface area contributed by atoms with E-state index >= 15 is 0 Å². The fraction of sp³-hybridized carbons (Fsp3) is 0.0741. The second-order valence-electron chi connectivity index (χ2n) is 7.76. The Kier molecular flexibility index (Phi) is 6.01. The number of aliphatic imine (C=N–C) groups is 1. The molecule has 168 valence electrons. The van der Waals surface area contributed by atoms with Crippen molar-refractivity contribution in [1.29, 1.82) is 0 Å². The average molecular weight is 467 g/mol. The monoisotopic (exact) mass is 466 g/mol. The third-order valence-corrected chi connectivity index (χ3v) is 6.13. The van der Waals surface area contributed by atoms with E-state index in [4.69, 9.17) is 9.84 Å². The molecule has 1 fully saturated rings. The van der Waals surface area contributed by atoms with Crippen LogP contribution in [0.5, 0.6) is 5.75 Å². The molecule has 1 aliphatic rings. The number of para-hydroxylation sites is 1. The van der Waals surface area contributed by atoms with Gasteiger partial charge in [-0.1, -0.05) is 30.3 Å². The Morgan fingerprint density at radius 1 is 1.03 bits per heavy atom. The van der Waals surface area contributed by atoms with E-state index in [1.54, 1.807) is 7.11 Å². The molecule has 5 rings (SSSR count). The molecule has 0 bridgehead atoms. The van der Waals surface area contributed by atoms with Crippen molar-refractivity contribution in [1.82, 2.24) is 15.1 Å². The number of nitrogens with one attached hydrogen (secondary N) is 1. The minimum Gasteiger partial charge on any atom is -0.497 e. The van der Waals surface area contributed by atoms with Crippen molar-refractivity contribution in [3.05, 3.63) is 101 Å². The van der Waals surface area contributed by atoms with Gasteiger partial charge in [0.1, 0.15) is 11.6 Å². The van der Waals surface area contributed by atoms with Crippen LogP contribution < -0.4 is 10.1 Å². The first kappa shape index (κ1) is 21.7. The van der Waals surface area contributed by atoms with Crippen LogP contribution in [0.15, 0.2) is 95.0 Å². The highest BCUT2D eigenvalue weighted by atomic mass is 32.2. The fourth-order valence-electron chi connectivity index (χ4n) is 3.66. The van der Waals surface area contributed by atoms with Crippen LogP contribution >= 0.6 is 11.8 Å². The Morgan fingerprint density at radius 2 is 1.82 bits per heavy atom. The lowest BCUT2D eigenvalue weighted by Crippen LogP contribution is -2.18. The van der Waals surface area contributed by atoms with E-state index in [0.717, 1.165) is 56.2 Å². The van der Waals surface area contributed by atoms with Crippen LogP contribution in [0.25, 0.3) is 23.0 Å². The van der Waals surface area contributed by atoms with Gasteiger partial charge in [0.25, 0.3) is 5.24 Å². The Labute approximate surface area is 202 Å². The Bertz CT molecular complexity index is 1410. The topological polar surface area (TPSA) is 68.5 Å². The van der Waals surface area contributed by atoms with Gasteiger partial charge < -0.3 is 10.1 Å². The van der Waals surface area contributed by atoms with Gasteiger partial charge in [0, 0.05) is 17.3 Å². The Balaban J connectivity index is 1.61. The third-order valence-electron chi connectivity index (χ3n) is 5.31. The summed E-state index contributed by atoms with van der Waals surface area (Å²) in [5.74, 6) is 1.31. The zero-order valence-electron chi connectivity index (χ0n) is 18.7. The van der Waals surface area contributed by atoms with Crippen LogP contribution in [-0.2, 0) is 0 Å². The number of amides is 1. The van der Waals surface area contributed by atoms with Gasteiger partial charge in [0.2, 0.25) is 0 Å². The Hall–Kier alpha value is -4.10. The van der Waals surface area contributed by atoms with Gasteiger partial charge in [-0.15, -0.1) is 0 Å². The minimum atomic E-state index is -0.154. The molecule has 0 aliphatic carbocycles. The first-order valence-corrected chi connectivity index (χ1v) is 11.6. The van der Waals surface area contributed by atoms with Crippen LogP contribution in [0.2, 0.25) is 0 Å². The minimum absolute atomic E-state index is 0.154. The van der Waals surface area contributed by atoms with Crippen LogP contribution in [0.1, 0.15) is 11.1 Å². The summed E-state index contributed by atoms with van der Waals surface area (Å²) in [6.07, 6.45) is 3.93. The molecule has 2 heterocycles. The van der Waals surface area contributed by atoms with E-state index in [-0.39, 0.29) is 5.24 Å². The summed E-state index contributed by atoms with van der Waals surface area (Å²) in [5, 5.41) is 7.58. The average Bonchev–Trinajstić information content (AvgIpc) is 3.43. The molecular weight excluding hydrogens is 444 g/mol. The molecule has 0 radical (unpaired) electrons. The number of ether oxygens (including phenoxy) is 1. The maximum absolute atomic E-state index is 12.3. The number of hydrogen-bond donors (Lipinski definition) is 1. The lowest BCUT2D eigenvalue weighted by molar-refractivity contribution is 0.265. The summed E-state index contributed by atoms with van der Waals surface area (Å²) in [5.41, 5.74) is 5.47. The molecule has 1 saturated heterocycles. The number of carbonyl (C=O) groups is 1. The standard InChI is InChI=1S/C27H22N4O2S/c1-18-7-6-8-21(15-18)28-26-24(34-27(32)29-26)16-20-17-31(22-9-4-3-5-10-22)30-25(20)19-11-13-23(33-2)14-12-19/h3-17H,1-2H3,(H,28,29,32). The van der Waals surface area contributed by atoms with Crippen LogP contribution in [0.4, 0.5) is 10.5 Å². The van der Waals surface area contributed by atoms with Crippen molar-refractivity contribution in [3.63, 3.8) is 0 Å². The molecule has 4 aromatic rings. The van der Waals surface area contributed by atoms with E-state index in [9.17, 15) is 4.79 Å². The number of benzene rings is 3. The van der Waals surface area contributed by atoms with Crippen molar-refractivity contribution in [2.75, 3.05) is 7.11 Å². The maximum Gasteiger partial charge on any atom is 0.289 e. The number of carbonyl (C=O) groups excluding carboxylic acids is 1. The van der Waals surface area contributed by atoms with E-state index in [0.29, 0.717) is 5.84 Å². The van der Waals surface area contributed by atoms with Gasteiger partial charge in [-0.05, 0) is 78.9 Å². The highest BCUT2D eigenvalue weighted by molar-refractivity contribution is 8.18. The van der Waals surface area contributed by atoms with Crippen LogP contribution in [0.3, 0.4) is 0 Å². The predicted octanol–water partition coefficient (Wildman–Crippen LogP) is 6.38. The normalized spacial score (nSPS) is 15.6. The van der Waals surface area contributed by atoms with Gasteiger partial charge in [0.05, 0.1) is 29.1 Å². The molecule has 0 unspecified atom stereocenters. The van der Waals surface area contributed by atoms with Gasteiger partial charge in [-0.2, -0.15) is 5.10 Å². The van der Waals surface area contributed by atoms with Crippen molar-refractivity contribution in [3.8, 4) is 22.7 Å². The van der Waals surface area contributed by atoms with Crippen molar-refractivity contribution in [2.45, 2.75) is 6.92 Å². The van der Waals surface area contributed by atoms with Gasteiger partial charge in [-0.25, -0.2) is 9.67 Å². The summed E-state index contributed by atoms with van der Waals surface area (Å²) in [4.78, 5) is 17.7. The molecule has 3 aromatic carbocycles. The summed E-state index contributed by atoms with van der Waals surface area (Å²) < 4.78 is 7.15. The number of amidine groups is 1. The molecule has 1 N–H and O–H groups in total. The lowest BCUT2D eigenvalue weighted by Gasteiger charge is -2.03. The first-order chi connectivity index (χ1) is 16.6. The molecule has 1 amide bonds. The number of thioether (sulfide) groups is 1. The van der Waals surface area contributed by atoms with Crippen molar-refractivity contribution >= 4 is 34.6 Å². The third kappa shape index (κ3) is 4.65. The van der Waals surface area contributed by atoms with Gasteiger partial charge in [-0.3, -0.25) is 4.79 Å². The zero-order valence-corrected chi connectivity index (χ0v) is 19.5. The predicted molar refractivity (Wildman–Crippen MR) is 138 cm³/mol. The second kappa shape index (κ2) is 9.41. The van der Waals surface area contributed by atoms with E-state index in [1.165, 1.54) is 0 Å². The fourth-order valence-corrected chi connectivity index (χ4v) is 4.39. The van der Waals surface area contributed by atoms with Gasteiger partial charge >= 0.3 is 0 Å². The Morgan fingerprint density at radius 3 is 2.56 bits per heavy atom. The number of hydrogen-bond acceptors (Lipinski definition) is 5. The van der Waals surface area contributed by atoms with E-state index in [2.05, 4.69) is 10.3 Å². The smallest absolute Gasteiger partial charge is 0.289 e. The summed E-state index contributed by atoms with van der Waals surface area (Å²) >= 11 is 1.13. The molecule has 1 aliphatic heterocycles. The van der Waals surface area contributed by atoms with Crippen molar-refractivity contribution in [2.24, 2.45) is 4.99 Å². The van der Waals surface area contributed by atoms with E-state index < -0.39 is 0 Å². The number of aromatic nitrogens is 2. The molecule has 0 atom stereocenters. The number of methoxy groups -OCH3 is 1. The largest absolute Gasteiger partial charge is 0.497 e.